The minimum atomic E-state index is -1.04. The summed E-state index contributed by atoms with van der Waals surface area (Å²) in [6.07, 6.45) is -0.922. The van der Waals surface area contributed by atoms with Crippen LogP contribution in [0.2, 0.25) is 0 Å². The molecule has 1 unspecified atom stereocenters. The average Bonchev–Trinajstić information content (AvgIpc) is 2.17. The van der Waals surface area contributed by atoms with Crippen LogP contribution < -0.4 is 10.5 Å². The molecule has 14 heavy (non-hydrogen) atoms. The van der Waals surface area contributed by atoms with Crippen molar-refractivity contribution in [2.45, 2.75) is 13.1 Å². The second-order valence-corrected chi connectivity index (χ2v) is 2.76. The summed E-state index contributed by atoms with van der Waals surface area (Å²) in [7, 11) is 0. The van der Waals surface area contributed by atoms with E-state index in [0.29, 0.717) is 12.4 Å². The summed E-state index contributed by atoms with van der Waals surface area (Å²) in [5, 5.41) is 0. The third-order valence-corrected chi connectivity index (χ3v) is 1.78. The molecule has 1 aliphatic heterocycles. The number of para-hydroxylation sites is 1. The SMILES string of the molecule is NC(=O)OC1OCc2ccccc2O1. The molecule has 2 N–H and O–H groups in total. The Morgan fingerprint density at radius 1 is 1.50 bits per heavy atom. The summed E-state index contributed by atoms with van der Waals surface area (Å²) >= 11 is 0. The zero-order chi connectivity index (χ0) is 9.97. The largest absolute Gasteiger partial charge is 0.432 e. The number of hydrogen-bond acceptors (Lipinski definition) is 4. The van der Waals surface area contributed by atoms with Crippen molar-refractivity contribution < 1.29 is 19.0 Å². The third kappa shape index (κ3) is 1.77. The van der Waals surface area contributed by atoms with Crippen LogP contribution in [-0.4, -0.2) is 12.6 Å². The summed E-state index contributed by atoms with van der Waals surface area (Å²) in [5.74, 6) is 0.644. The Morgan fingerprint density at radius 3 is 3.07 bits per heavy atom. The number of fused-ring (bicyclic) bond motifs is 1. The molecule has 0 bridgehead atoms. The highest BCUT2D eigenvalue weighted by molar-refractivity contribution is 5.64. The van der Waals surface area contributed by atoms with Crippen molar-refractivity contribution in [1.29, 1.82) is 0 Å². The molecule has 74 valence electrons. The van der Waals surface area contributed by atoms with Crippen LogP contribution in [-0.2, 0) is 16.1 Å². The van der Waals surface area contributed by atoms with E-state index in [1.807, 2.05) is 18.2 Å². The van der Waals surface area contributed by atoms with Gasteiger partial charge in [-0.25, -0.2) is 4.79 Å². The molecule has 0 fully saturated rings. The van der Waals surface area contributed by atoms with E-state index in [9.17, 15) is 4.79 Å². The third-order valence-electron chi connectivity index (χ3n) is 1.78. The Morgan fingerprint density at radius 2 is 2.29 bits per heavy atom. The minimum absolute atomic E-state index is 0.341. The van der Waals surface area contributed by atoms with Crippen molar-refractivity contribution in [2.75, 3.05) is 0 Å². The quantitative estimate of drug-likeness (QED) is 0.724. The van der Waals surface area contributed by atoms with Gasteiger partial charge < -0.3 is 19.9 Å². The first-order chi connectivity index (χ1) is 6.75. The lowest BCUT2D eigenvalue weighted by Crippen LogP contribution is -2.32. The fourth-order valence-corrected chi connectivity index (χ4v) is 1.19. The molecule has 0 saturated carbocycles. The van der Waals surface area contributed by atoms with E-state index in [1.54, 1.807) is 6.07 Å². The van der Waals surface area contributed by atoms with Gasteiger partial charge in [0.1, 0.15) is 5.75 Å². The number of benzene rings is 1. The maximum atomic E-state index is 10.4. The van der Waals surface area contributed by atoms with Gasteiger partial charge in [0.2, 0.25) is 0 Å². The van der Waals surface area contributed by atoms with Gasteiger partial charge in [0.25, 0.3) is 0 Å². The van der Waals surface area contributed by atoms with Crippen molar-refractivity contribution in [3.05, 3.63) is 29.8 Å². The molecule has 5 nitrogen and oxygen atoms in total. The summed E-state index contributed by atoms with van der Waals surface area (Å²) in [5.41, 5.74) is 5.74. The van der Waals surface area contributed by atoms with E-state index in [0.717, 1.165) is 5.56 Å². The van der Waals surface area contributed by atoms with Crippen molar-refractivity contribution in [3.63, 3.8) is 0 Å². The first-order valence-corrected chi connectivity index (χ1v) is 4.08. The lowest BCUT2D eigenvalue weighted by molar-refractivity contribution is -0.232. The van der Waals surface area contributed by atoms with E-state index in [1.165, 1.54) is 0 Å². The molecule has 1 aromatic carbocycles. The maximum Gasteiger partial charge on any atom is 0.409 e. The van der Waals surface area contributed by atoms with E-state index < -0.39 is 12.6 Å². The standard InChI is InChI=1S/C9H9NO4/c10-8(11)14-9-12-5-6-3-1-2-4-7(6)13-9/h1-4,9H,5H2,(H2,10,11). The van der Waals surface area contributed by atoms with Crippen LogP contribution in [0.5, 0.6) is 5.75 Å². The molecule has 0 aliphatic carbocycles. The van der Waals surface area contributed by atoms with Crippen LogP contribution in [0, 0.1) is 0 Å². The van der Waals surface area contributed by atoms with Crippen LogP contribution in [0.3, 0.4) is 0 Å². The van der Waals surface area contributed by atoms with Gasteiger partial charge in [-0.15, -0.1) is 0 Å². The number of carbonyl (C=O) groups excluding carboxylic acids is 1. The monoisotopic (exact) mass is 195 g/mol. The highest BCUT2D eigenvalue weighted by Gasteiger charge is 2.21. The van der Waals surface area contributed by atoms with Gasteiger partial charge in [-0.3, -0.25) is 0 Å². The van der Waals surface area contributed by atoms with Gasteiger partial charge >= 0.3 is 12.6 Å². The number of primary amides is 1. The molecule has 5 heteroatoms. The normalized spacial score (nSPS) is 19.3. The fraction of sp³-hybridized carbons (Fsp3) is 0.222. The zero-order valence-corrected chi connectivity index (χ0v) is 7.30. The summed E-state index contributed by atoms with van der Waals surface area (Å²) in [6.45, 7) is -0.698. The Hall–Kier alpha value is -1.75. The molecule has 1 aromatic rings. The highest BCUT2D eigenvalue weighted by atomic mass is 16.9. The van der Waals surface area contributed by atoms with Crippen LogP contribution >= 0.6 is 0 Å². The van der Waals surface area contributed by atoms with Gasteiger partial charge in [-0.05, 0) is 6.07 Å². The molecule has 0 radical (unpaired) electrons. The minimum Gasteiger partial charge on any atom is -0.432 e. The average molecular weight is 195 g/mol. The van der Waals surface area contributed by atoms with Gasteiger partial charge in [-0.2, -0.15) is 0 Å². The van der Waals surface area contributed by atoms with Crippen LogP contribution in [0.25, 0.3) is 0 Å². The van der Waals surface area contributed by atoms with E-state index >= 15 is 0 Å². The van der Waals surface area contributed by atoms with Gasteiger partial charge in [0.15, 0.2) is 0 Å². The fourth-order valence-electron chi connectivity index (χ4n) is 1.19. The Bertz CT molecular complexity index is 352. The molecule has 0 spiro atoms. The number of amides is 1. The van der Waals surface area contributed by atoms with Crippen molar-refractivity contribution in [1.82, 2.24) is 0 Å². The van der Waals surface area contributed by atoms with Crippen molar-refractivity contribution in [2.24, 2.45) is 5.73 Å². The number of hydrogen-bond donors (Lipinski definition) is 1. The molecule has 1 amide bonds. The van der Waals surface area contributed by atoms with Crippen molar-refractivity contribution in [3.8, 4) is 5.75 Å². The first-order valence-electron chi connectivity index (χ1n) is 4.08. The van der Waals surface area contributed by atoms with Gasteiger partial charge in [0.05, 0.1) is 6.61 Å². The number of rotatable bonds is 1. The Balaban J connectivity index is 2.09. The molecule has 0 aromatic heterocycles. The smallest absolute Gasteiger partial charge is 0.409 e. The molecular formula is C9H9NO4. The van der Waals surface area contributed by atoms with Crippen LogP contribution in [0.1, 0.15) is 5.56 Å². The number of ether oxygens (including phenoxy) is 3. The molecule has 1 heterocycles. The number of carbonyl (C=O) groups is 1. The van der Waals surface area contributed by atoms with E-state index in [-0.39, 0.29) is 0 Å². The predicted molar refractivity (Wildman–Crippen MR) is 46.3 cm³/mol. The second kappa shape index (κ2) is 3.55. The zero-order valence-electron chi connectivity index (χ0n) is 7.30. The molecule has 1 atom stereocenters. The van der Waals surface area contributed by atoms with Gasteiger partial charge in [0, 0.05) is 5.56 Å². The molecule has 0 saturated heterocycles. The lowest BCUT2D eigenvalue weighted by atomic mass is 10.2. The predicted octanol–water partition coefficient (Wildman–Crippen LogP) is 0.975. The lowest BCUT2D eigenvalue weighted by Gasteiger charge is -2.24. The Kier molecular flexibility index (Phi) is 2.24. The first kappa shape index (κ1) is 8.83. The molecule has 2 rings (SSSR count). The summed E-state index contributed by atoms with van der Waals surface area (Å²) in [6, 6.07) is 7.34. The van der Waals surface area contributed by atoms with Crippen LogP contribution in [0.4, 0.5) is 4.79 Å². The molecule has 1 aliphatic rings. The van der Waals surface area contributed by atoms with Gasteiger partial charge in [-0.1, -0.05) is 18.2 Å². The maximum absolute atomic E-state index is 10.4. The summed E-state index contributed by atoms with van der Waals surface area (Å²) in [4.78, 5) is 10.4. The topological polar surface area (TPSA) is 70.8 Å². The number of nitrogens with two attached hydrogens (primary N) is 1. The molecular weight excluding hydrogens is 186 g/mol. The van der Waals surface area contributed by atoms with E-state index in [2.05, 4.69) is 4.74 Å². The second-order valence-electron chi connectivity index (χ2n) is 2.76. The van der Waals surface area contributed by atoms with Crippen molar-refractivity contribution >= 4 is 6.09 Å². The Labute approximate surface area is 80.4 Å². The van der Waals surface area contributed by atoms with Crippen LogP contribution in [0.15, 0.2) is 24.3 Å². The van der Waals surface area contributed by atoms with E-state index in [4.69, 9.17) is 15.2 Å². The summed E-state index contributed by atoms with van der Waals surface area (Å²) < 4.78 is 14.8. The highest BCUT2D eigenvalue weighted by Crippen LogP contribution is 2.25.